The fraction of sp³-hybridized carbons (Fsp3) is 0.611. The molecule has 1 heterocycles. The van der Waals surface area contributed by atoms with E-state index in [0.717, 1.165) is 31.6 Å². The Hall–Kier alpha value is -1.35. The van der Waals surface area contributed by atoms with Crippen LogP contribution in [0.5, 0.6) is 0 Å². The van der Waals surface area contributed by atoms with Gasteiger partial charge in [-0.1, -0.05) is 43.2 Å². The standard InChI is InChI=1S/C18H28N2O/c1-3-12-20(14-17-6-4-5-11-19-17)18(21)13-16-9-7-15(2)8-10-16/h7-10,17,19H,3-6,11-14H2,1-2H3. The number of piperidine rings is 1. The van der Waals surface area contributed by atoms with Crippen molar-refractivity contribution in [3.8, 4) is 0 Å². The number of hydrogen-bond donors (Lipinski definition) is 1. The molecule has 0 aliphatic carbocycles. The molecule has 3 nitrogen and oxygen atoms in total. The Morgan fingerprint density at radius 1 is 1.29 bits per heavy atom. The highest BCUT2D eigenvalue weighted by Gasteiger charge is 2.20. The van der Waals surface area contributed by atoms with Crippen LogP contribution in [0.2, 0.25) is 0 Å². The number of benzene rings is 1. The summed E-state index contributed by atoms with van der Waals surface area (Å²) < 4.78 is 0. The van der Waals surface area contributed by atoms with Crippen molar-refractivity contribution in [3.05, 3.63) is 35.4 Å². The third kappa shape index (κ3) is 5.16. The largest absolute Gasteiger partial charge is 0.341 e. The number of nitrogens with one attached hydrogen (secondary N) is 1. The number of rotatable bonds is 6. The summed E-state index contributed by atoms with van der Waals surface area (Å²) in [7, 11) is 0. The normalized spacial score (nSPS) is 18.5. The van der Waals surface area contributed by atoms with Gasteiger partial charge < -0.3 is 10.2 Å². The topological polar surface area (TPSA) is 32.3 Å². The second-order valence-electron chi connectivity index (χ2n) is 6.15. The highest BCUT2D eigenvalue weighted by molar-refractivity contribution is 5.78. The molecule has 0 bridgehead atoms. The summed E-state index contributed by atoms with van der Waals surface area (Å²) in [5.41, 5.74) is 2.35. The van der Waals surface area contributed by atoms with Gasteiger partial charge in [-0.15, -0.1) is 0 Å². The van der Waals surface area contributed by atoms with Crippen molar-refractivity contribution in [1.82, 2.24) is 10.2 Å². The molecule has 2 rings (SSSR count). The molecule has 1 atom stereocenters. The lowest BCUT2D eigenvalue weighted by atomic mass is 10.0. The van der Waals surface area contributed by atoms with Gasteiger partial charge in [0.15, 0.2) is 0 Å². The van der Waals surface area contributed by atoms with Crippen LogP contribution in [0.15, 0.2) is 24.3 Å². The lowest BCUT2D eigenvalue weighted by Gasteiger charge is -2.30. The Kier molecular flexibility index (Phi) is 6.24. The van der Waals surface area contributed by atoms with Crippen LogP contribution in [-0.2, 0) is 11.2 Å². The smallest absolute Gasteiger partial charge is 0.227 e. The second kappa shape index (κ2) is 8.18. The van der Waals surface area contributed by atoms with E-state index in [0.29, 0.717) is 12.5 Å². The average molecular weight is 288 g/mol. The van der Waals surface area contributed by atoms with E-state index in [1.807, 2.05) is 4.90 Å². The van der Waals surface area contributed by atoms with Crippen molar-refractivity contribution < 1.29 is 4.79 Å². The van der Waals surface area contributed by atoms with Gasteiger partial charge >= 0.3 is 0 Å². The van der Waals surface area contributed by atoms with Crippen molar-refractivity contribution in [2.75, 3.05) is 19.6 Å². The molecule has 1 N–H and O–H groups in total. The lowest BCUT2D eigenvalue weighted by Crippen LogP contribution is -2.46. The van der Waals surface area contributed by atoms with Crippen LogP contribution in [0.3, 0.4) is 0 Å². The zero-order valence-corrected chi connectivity index (χ0v) is 13.4. The van der Waals surface area contributed by atoms with Gasteiger partial charge in [-0.3, -0.25) is 4.79 Å². The minimum atomic E-state index is 0.257. The third-order valence-corrected chi connectivity index (χ3v) is 4.18. The fourth-order valence-corrected chi connectivity index (χ4v) is 2.93. The van der Waals surface area contributed by atoms with Gasteiger partial charge in [0.2, 0.25) is 5.91 Å². The summed E-state index contributed by atoms with van der Waals surface area (Å²) in [5, 5.41) is 3.54. The van der Waals surface area contributed by atoms with Gasteiger partial charge in [0.05, 0.1) is 6.42 Å². The number of aryl methyl sites for hydroxylation is 1. The summed E-state index contributed by atoms with van der Waals surface area (Å²) in [6, 6.07) is 8.77. The van der Waals surface area contributed by atoms with Crippen LogP contribution in [0.4, 0.5) is 0 Å². The van der Waals surface area contributed by atoms with E-state index in [2.05, 4.69) is 43.4 Å². The molecule has 1 aromatic rings. The first-order valence-corrected chi connectivity index (χ1v) is 8.25. The maximum absolute atomic E-state index is 12.6. The Bertz CT molecular complexity index is 435. The molecule has 0 aromatic heterocycles. The molecule has 0 saturated carbocycles. The van der Waals surface area contributed by atoms with Gasteiger partial charge in [0, 0.05) is 19.1 Å². The molecule has 0 spiro atoms. The van der Waals surface area contributed by atoms with Crippen LogP contribution in [-0.4, -0.2) is 36.5 Å². The summed E-state index contributed by atoms with van der Waals surface area (Å²) in [5.74, 6) is 0.257. The summed E-state index contributed by atoms with van der Waals surface area (Å²) >= 11 is 0. The molecule has 1 unspecified atom stereocenters. The third-order valence-electron chi connectivity index (χ3n) is 4.18. The monoisotopic (exact) mass is 288 g/mol. The fourth-order valence-electron chi connectivity index (χ4n) is 2.93. The number of hydrogen-bond acceptors (Lipinski definition) is 2. The van der Waals surface area contributed by atoms with Crippen LogP contribution >= 0.6 is 0 Å². The van der Waals surface area contributed by atoms with Crippen LogP contribution in [0.1, 0.15) is 43.7 Å². The van der Waals surface area contributed by atoms with Crippen LogP contribution in [0, 0.1) is 6.92 Å². The van der Waals surface area contributed by atoms with Gasteiger partial charge in [0.25, 0.3) is 0 Å². The SMILES string of the molecule is CCCN(CC1CCCCN1)C(=O)Cc1ccc(C)cc1. The van der Waals surface area contributed by atoms with Gasteiger partial charge in [-0.05, 0) is 38.3 Å². The Morgan fingerprint density at radius 3 is 2.67 bits per heavy atom. The van der Waals surface area contributed by atoms with Gasteiger partial charge in [-0.2, -0.15) is 0 Å². The van der Waals surface area contributed by atoms with Gasteiger partial charge in [0.1, 0.15) is 0 Å². The van der Waals surface area contributed by atoms with Crippen molar-refractivity contribution >= 4 is 5.91 Å². The quantitative estimate of drug-likeness (QED) is 0.873. The predicted molar refractivity (Wildman–Crippen MR) is 87.4 cm³/mol. The molecular formula is C18H28N2O. The highest BCUT2D eigenvalue weighted by atomic mass is 16.2. The molecule has 21 heavy (non-hydrogen) atoms. The second-order valence-corrected chi connectivity index (χ2v) is 6.15. The maximum atomic E-state index is 12.6. The molecule has 1 fully saturated rings. The Labute approximate surface area is 128 Å². The van der Waals surface area contributed by atoms with Gasteiger partial charge in [-0.25, -0.2) is 0 Å². The first-order chi connectivity index (χ1) is 10.2. The van der Waals surface area contributed by atoms with E-state index in [9.17, 15) is 4.79 Å². The molecule has 1 aliphatic heterocycles. The number of nitrogens with zero attached hydrogens (tertiary/aromatic N) is 1. The molecule has 1 amide bonds. The molecule has 3 heteroatoms. The van der Waals surface area contributed by atoms with E-state index in [1.165, 1.54) is 24.8 Å². The zero-order valence-electron chi connectivity index (χ0n) is 13.4. The predicted octanol–water partition coefficient (Wildman–Crippen LogP) is 2.92. The molecule has 1 aliphatic rings. The lowest BCUT2D eigenvalue weighted by molar-refractivity contribution is -0.131. The summed E-state index contributed by atoms with van der Waals surface area (Å²) in [4.78, 5) is 14.6. The van der Waals surface area contributed by atoms with Crippen LogP contribution in [0.25, 0.3) is 0 Å². The molecule has 1 saturated heterocycles. The van der Waals surface area contributed by atoms with E-state index in [1.54, 1.807) is 0 Å². The van der Waals surface area contributed by atoms with E-state index >= 15 is 0 Å². The van der Waals surface area contributed by atoms with Crippen molar-refractivity contribution in [1.29, 1.82) is 0 Å². The van der Waals surface area contributed by atoms with E-state index in [4.69, 9.17) is 0 Å². The summed E-state index contributed by atoms with van der Waals surface area (Å²) in [6.07, 6.45) is 5.28. The summed E-state index contributed by atoms with van der Waals surface area (Å²) in [6.45, 7) is 7.03. The minimum Gasteiger partial charge on any atom is -0.341 e. The zero-order chi connectivity index (χ0) is 15.1. The van der Waals surface area contributed by atoms with E-state index in [-0.39, 0.29) is 5.91 Å². The first-order valence-electron chi connectivity index (χ1n) is 8.25. The maximum Gasteiger partial charge on any atom is 0.227 e. The van der Waals surface area contributed by atoms with Crippen molar-refractivity contribution in [3.63, 3.8) is 0 Å². The number of amides is 1. The molecular weight excluding hydrogens is 260 g/mol. The van der Waals surface area contributed by atoms with E-state index < -0.39 is 0 Å². The average Bonchev–Trinajstić information content (AvgIpc) is 2.50. The Balaban J connectivity index is 1.92. The van der Waals surface area contributed by atoms with Crippen molar-refractivity contribution in [2.45, 2.75) is 52.0 Å². The van der Waals surface area contributed by atoms with Crippen LogP contribution < -0.4 is 5.32 Å². The number of carbonyl (C=O) groups excluding carboxylic acids is 1. The highest BCUT2D eigenvalue weighted by Crippen LogP contribution is 2.11. The molecule has 1 aromatic carbocycles. The number of carbonyl (C=O) groups is 1. The minimum absolute atomic E-state index is 0.257. The molecule has 0 radical (unpaired) electrons. The Morgan fingerprint density at radius 2 is 2.05 bits per heavy atom. The first kappa shape index (κ1) is 16.0. The molecule has 116 valence electrons. The van der Waals surface area contributed by atoms with Crippen molar-refractivity contribution in [2.24, 2.45) is 0 Å².